The summed E-state index contributed by atoms with van der Waals surface area (Å²) >= 11 is 0. The third-order valence-corrected chi connectivity index (χ3v) is 10.2. The molecule has 3 nitrogen and oxygen atoms in total. The van der Waals surface area contributed by atoms with Gasteiger partial charge in [-0.25, -0.2) is 15.0 Å². The third-order valence-electron chi connectivity index (χ3n) is 10.2. The van der Waals surface area contributed by atoms with Crippen molar-refractivity contribution in [3.8, 4) is 78.7 Å². The van der Waals surface area contributed by atoms with Gasteiger partial charge in [-0.3, -0.25) is 0 Å². The molecule has 0 saturated heterocycles. The van der Waals surface area contributed by atoms with Gasteiger partial charge >= 0.3 is 0 Å². The predicted octanol–water partition coefficient (Wildman–Crippen LogP) is 12.2. The maximum absolute atomic E-state index is 5.08. The molecule has 0 radical (unpaired) electrons. The molecular weight excluding hydrogens is 619 g/mol. The normalized spacial score (nSPS) is 12.7. The van der Waals surface area contributed by atoms with Gasteiger partial charge in [0.1, 0.15) is 0 Å². The zero-order valence-corrected chi connectivity index (χ0v) is 28.6. The lowest BCUT2D eigenvalue weighted by atomic mass is 9.81. The van der Waals surface area contributed by atoms with Gasteiger partial charge in [0.05, 0.1) is 0 Å². The average molecular weight is 654 g/mol. The van der Waals surface area contributed by atoms with Gasteiger partial charge in [0.25, 0.3) is 0 Å². The van der Waals surface area contributed by atoms with Crippen molar-refractivity contribution in [2.24, 2.45) is 0 Å². The van der Waals surface area contributed by atoms with Crippen molar-refractivity contribution in [1.29, 1.82) is 0 Å². The first-order chi connectivity index (χ1) is 25.0. The number of benzene rings is 7. The average Bonchev–Trinajstić information content (AvgIpc) is 3.44. The van der Waals surface area contributed by atoms with Crippen molar-refractivity contribution in [2.75, 3.05) is 0 Å². The maximum atomic E-state index is 5.08. The molecule has 1 aromatic heterocycles. The first-order valence-corrected chi connectivity index (χ1v) is 17.4. The molecule has 0 amide bonds. The summed E-state index contributed by atoms with van der Waals surface area (Å²) in [7, 11) is 0. The standard InChI is InChI=1S/C48H35N3/c1-48(2)43-22-10-9-21-41(43)42-28-27-38(31-44(42)48)34-23-25-35(26-24-34)45-49-46(39-19-11-17-36(29-39)32-13-5-3-6-14-32)51-47(50-45)40-20-12-18-37(30-40)33-15-7-4-8-16-33/h3-31H,1-2H3. The monoisotopic (exact) mass is 653 g/mol. The smallest absolute Gasteiger partial charge is 0.164 e. The molecule has 7 aromatic carbocycles. The second-order valence-corrected chi connectivity index (χ2v) is 13.7. The van der Waals surface area contributed by atoms with Crippen LogP contribution >= 0.6 is 0 Å². The molecule has 0 spiro atoms. The molecular formula is C48H35N3. The number of fused-ring (bicyclic) bond motifs is 3. The number of hydrogen-bond donors (Lipinski definition) is 0. The Morgan fingerprint density at radius 1 is 0.294 bits per heavy atom. The Kier molecular flexibility index (Phi) is 7.48. The molecule has 8 aromatic rings. The highest BCUT2D eigenvalue weighted by atomic mass is 15.0. The SMILES string of the molecule is CC1(C)c2ccccc2-c2ccc(-c3ccc(-c4nc(-c5cccc(-c6ccccc6)c5)nc(-c5cccc(-c6ccccc6)c5)n4)cc3)cc21. The van der Waals surface area contributed by atoms with Gasteiger partial charge in [0.2, 0.25) is 0 Å². The van der Waals surface area contributed by atoms with E-state index in [-0.39, 0.29) is 5.41 Å². The van der Waals surface area contributed by atoms with Crippen LogP contribution in [-0.4, -0.2) is 15.0 Å². The zero-order valence-electron chi connectivity index (χ0n) is 28.6. The van der Waals surface area contributed by atoms with Crippen LogP contribution in [0.1, 0.15) is 25.0 Å². The molecule has 51 heavy (non-hydrogen) atoms. The molecule has 0 fully saturated rings. The Bertz CT molecular complexity index is 2430. The van der Waals surface area contributed by atoms with Crippen molar-refractivity contribution < 1.29 is 0 Å². The Labute approximate surface area is 299 Å². The van der Waals surface area contributed by atoms with Gasteiger partial charge in [-0.1, -0.05) is 172 Å². The molecule has 9 rings (SSSR count). The van der Waals surface area contributed by atoms with Gasteiger partial charge < -0.3 is 0 Å². The van der Waals surface area contributed by atoms with Crippen molar-refractivity contribution in [2.45, 2.75) is 19.3 Å². The number of rotatable bonds is 6. The minimum Gasteiger partial charge on any atom is -0.208 e. The molecule has 0 N–H and O–H groups in total. The van der Waals surface area contributed by atoms with Crippen LogP contribution in [0.2, 0.25) is 0 Å². The molecule has 1 aliphatic rings. The van der Waals surface area contributed by atoms with E-state index in [1.165, 1.54) is 27.8 Å². The Morgan fingerprint density at radius 3 is 1.27 bits per heavy atom. The van der Waals surface area contributed by atoms with Crippen LogP contribution in [0, 0.1) is 0 Å². The Morgan fingerprint density at radius 2 is 0.686 bits per heavy atom. The van der Waals surface area contributed by atoms with Gasteiger partial charge in [0, 0.05) is 22.1 Å². The number of hydrogen-bond acceptors (Lipinski definition) is 3. The molecule has 1 aliphatic carbocycles. The first kappa shape index (κ1) is 30.6. The molecule has 242 valence electrons. The molecule has 3 heteroatoms. The van der Waals surface area contributed by atoms with Crippen LogP contribution in [-0.2, 0) is 5.41 Å². The lowest BCUT2D eigenvalue weighted by Gasteiger charge is -2.22. The highest BCUT2D eigenvalue weighted by Crippen LogP contribution is 2.49. The largest absolute Gasteiger partial charge is 0.208 e. The Hall–Kier alpha value is -6.45. The van der Waals surface area contributed by atoms with Crippen LogP contribution in [0.25, 0.3) is 78.7 Å². The minimum atomic E-state index is -0.0464. The number of aromatic nitrogens is 3. The summed E-state index contributed by atoms with van der Waals surface area (Å²) in [5, 5.41) is 0. The Balaban J connectivity index is 1.12. The molecule has 0 aliphatic heterocycles. The van der Waals surface area contributed by atoms with E-state index >= 15 is 0 Å². The minimum absolute atomic E-state index is 0.0464. The summed E-state index contributed by atoms with van der Waals surface area (Å²) in [6.07, 6.45) is 0. The fourth-order valence-electron chi connectivity index (χ4n) is 7.40. The zero-order chi connectivity index (χ0) is 34.4. The van der Waals surface area contributed by atoms with E-state index in [0.29, 0.717) is 17.5 Å². The fraction of sp³-hybridized carbons (Fsp3) is 0.0625. The van der Waals surface area contributed by atoms with E-state index in [1.807, 2.05) is 12.1 Å². The van der Waals surface area contributed by atoms with Gasteiger partial charge in [-0.2, -0.15) is 0 Å². The van der Waals surface area contributed by atoms with E-state index in [9.17, 15) is 0 Å². The second-order valence-electron chi connectivity index (χ2n) is 13.7. The lowest BCUT2D eigenvalue weighted by Crippen LogP contribution is -2.14. The first-order valence-electron chi connectivity index (χ1n) is 17.4. The summed E-state index contributed by atoms with van der Waals surface area (Å²) in [5.41, 5.74) is 15.1. The van der Waals surface area contributed by atoms with Gasteiger partial charge in [0.15, 0.2) is 17.5 Å². The van der Waals surface area contributed by atoms with E-state index in [1.54, 1.807) is 0 Å². The summed E-state index contributed by atoms with van der Waals surface area (Å²) < 4.78 is 0. The van der Waals surface area contributed by atoms with E-state index in [0.717, 1.165) is 44.5 Å². The quantitative estimate of drug-likeness (QED) is 0.179. The third kappa shape index (κ3) is 5.63. The van der Waals surface area contributed by atoms with Crippen molar-refractivity contribution in [3.05, 3.63) is 187 Å². The predicted molar refractivity (Wildman–Crippen MR) is 210 cm³/mol. The molecule has 0 atom stereocenters. The summed E-state index contributed by atoms with van der Waals surface area (Å²) in [5.74, 6) is 1.92. The summed E-state index contributed by atoms with van der Waals surface area (Å²) in [6.45, 7) is 4.65. The van der Waals surface area contributed by atoms with E-state index < -0.39 is 0 Å². The van der Waals surface area contributed by atoms with Crippen LogP contribution < -0.4 is 0 Å². The van der Waals surface area contributed by atoms with E-state index in [2.05, 4.69) is 178 Å². The van der Waals surface area contributed by atoms with E-state index in [4.69, 9.17) is 15.0 Å². The molecule has 1 heterocycles. The molecule has 0 bridgehead atoms. The maximum Gasteiger partial charge on any atom is 0.164 e. The van der Waals surface area contributed by atoms with Crippen LogP contribution in [0.3, 0.4) is 0 Å². The molecule has 0 unspecified atom stereocenters. The van der Waals surface area contributed by atoms with Crippen molar-refractivity contribution in [1.82, 2.24) is 15.0 Å². The topological polar surface area (TPSA) is 38.7 Å². The summed E-state index contributed by atoms with van der Waals surface area (Å²) in [4.78, 5) is 15.2. The van der Waals surface area contributed by atoms with Crippen molar-refractivity contribution in [3.63, 3.8) is 0 Å². The molecule has 0 saturated carbocycles. The second kappa shape index (κ2) is 12.5. The van der Waals surface area contributed by atoms with Crippen LogP contribution in [0.4, 0.5) is 0 Å². The lowest BCUT2D eigenvalue weighted by molar-refractivity contribution is 0.660. The van der Waals surface area contributed by atoms with Crippen LogP contribution in [0.5, 0.6) is 0 Å². The fourth-order valence-corrected chi connectivity index (χ4v) is 7.40. The number of nitrogens with zero attached hydrogens (tertiary/aromatic N) is 3. The summed E-state index contributed by atoms with van der Waals surface area (Å²) in [6, 6.07) is 62.0. The van der Waals surface area contributed by atoms with Gasteiger partial charge in [-0.05, 0) is 73.8 Å². The van der Waals surface area contributed by atoms with Gasteiger partial charge in [-0.15, -0.1) is 0 Å². The highest BCUT2D eigenvalue weighted by molar-refractivity contribution is 5.84. The van der Waals surface area contributed by atoms with Crippen LogP contribution in [0.15, 0.2) is 176 Å². The highest BCUT2D eigenvalue weighted by Gasteiger charge is 2.35. The van der Waals surface area contributed by atoms with Crippen molar-refractivity contribution >= 4 is 0 Å².